The molecule has 0 bridgehead atoms. The van der Waals surface area contributed by atoms with Crippen molar-refractivity contribution in [2.75, 3.05) is 19.6 Å². The lowest BCUT2D eigenvalue weighted by atomic mass is 10.1. The number of hydrogen-bond acceptors (Lipinski definition) is 1. The number of nitrogens with zero attached hydrogens (tertiary/aromatic N) is 2. The maximum absolute atomic E-state index is 6.12. The van der Waals surface area contributed by atoms with Crippen molar-refractivity contribution in [2.24, 2.45) is 10.7 Å². The van der Waals surface area contributed by atoms with Gasteiger partial charge in [0.2, 0.25) is 0 Å². The zero-order chi connectivity index (χ0) is 14.4. The fourth-order valence-electron chi connectivity index (χ4n) is 2.91. The molecule has 3 heteroatoms. The van der Waals surface area contributed by atoms with Gasteiger partial charge in [-0.05, 0) is 38.7 Å². The van der Waals surface area contributed by atoms with Crippen LogP contribution in [0.3, 0.4) is 0 Å². The first-order valence-corrected chi connectivity index (χ1v) is 7.77. The van der Waals surface area contributed by atoms with Crippen LogP contribution in [-0.2, 0) is 6.42 Å². The van der Waals surface area contributed by atoms with Gasteiger partial charge in [0, 0.05) is 19.6 Å². The molecule has 1 saturated heterocycles. The molecule has 2 N–H and O–H groups in total. The van der Waals surface area contributed by atoms with E-state index < -0.39 is 0 Å². The highest BCUT2D eigenvalue weighted by molar-refractivity contribution is 5.78. The fourth-order valence-corrected chi connectivity index (χ4v) is 2.91. The van der Waals surface area contributed by atoms with Gasteiger partial charge in [-0.1, -0.05) is 42.2 Å². The highest BCUT2D eigenvalue weighted by atomic mass is 15.2. The van der Waals surface area contributed by atoms with Gasteiger partial charge in [0.1, 0.15) is 0 Å². The summed E-state index contributed by atoms with van der Waals surface area (Å²) in [5.74, 6) is 0.733. The maximum Gasteiger partial charge on any atom is 0.191 e. The average molecular weight is 273 g/mol. The van der Waals surface area contributed by atoms with Crippen molar-refractivity contribution >= 4 is 5.96 Å². The van der Waals surface area contributed by atoms with Crippen molar-refractivity contribution in [2.45, 2.75) is 46.0 Å². The summed E-state index contributed by atoms with van der Waals surface area (Å²) in [6.07, 6.45) is 6.11. The molecule has 1 aliphatic heterocycles. The van der Waals surface area contributed by atoms with Crippen molar-refractivity contribution in [3.05, 3.63) is 34.9 Å². The van der Waals surface area contributed by atoms with E-state index in [2.05, 4.69) is 41.9 Å². The second-order valence-electron chi connectivity index (χ2n) is 5.89. The molecule has 2 rings (SSSR count). The van der Waals surface area contributed by atoms with Gasteiger partial charge in [-0.15, -0.1) is 0 Å². The van der Waals surface area contributed by atoms with E-state index in [1.54, 1.807) is 0 Å². The lowest BCUT2D eigenvalue weighted by Crippen LogP contribution is -2.38. The van der Waals surface area contributed by atoms with Gasteiger partial charge in [-0.25, -0.2) is 0 Å². The van der Waals surface area contributed by atoms with Gasteiger partial charge >= 0.3 is 0 Å². The van der Waals surface area contributed by atoms with Crippen LogP contribution in [0.4, 0.5) is 0 Å². The Morgan fingerprint density at radius 2 is 1.65 bits per heavy atom. The molecule has 1 aromatic rings. The second kappa shape index (κ2) is 7.32. The molecule has 0 aromatic heterocycles. The molecule has 1 aliphatic rings. The summed E-state index contributed by atoms with van der Waals surface area (Å²) >= 11 is 0. The third-order valence-electron chi connectivity index (χ3n) is 3.89. The Morgan fingerprint density at radius 3 is 2.25 bits per heavy atom. The number of aryl methyl sites for hydroxylation is 2. The van der Waals surface area contributed by atoms with E-state index in [1.165, 1.54) is 42.4 Å². The predicted molar refractivity (Wildman–Crippen MR) is 86.2 cm³/mol. The number of hydrogen-bond donors (Lipinski definition) is 1. The van der Waals surface area contributed by atoms with E-state index in [0.717, 1.165) is 32.0 Å². The number of likely N-dealkylation sites (tertiary alicyclic amines) is 1. The first-order chi connectivity index (χ1) is 9.65. The van der Waals surface area contributed by atoms with Gasteiger partial charge < -0.3 is 10.6 Å². The van der Waals surface area contributed by atoms with Gasteiger partial charge in [-0.3, -0.25) is 4.99 Å². The van der Waals surface area contributed by atoms with Crippen LogP contribution in [0.2, 0.25) is 0 Å². The Bertz CT molecular complexity index is 437. The maximum atomic E-state index is 6.12. The van der Waals surface area contributed by atoms with Crippen molar-refractivity contribution in [3.8, 4) is 0 Å². The predicted octanol–water partition coefficient (Wildman–Crippen LogP) is 3.04. The quantitative estimate of drug-likeness (QED) is 0.679. The number of benzene rings is 1. The lowest BCUT2D eigenvalue weighted by Gasteiger charge is -2.21. The number of nitrogens with two attached hydrogens (primary N) is 1. The van der Waals surface area contributed by atoms with Crippen molar-refractivity contribution in [1.82, 2.24) is 4.90 Å². The zero-order valence-corrected chi connectivity index (χ0v) is 12.9. The van der Waals surface area contributed by atoms with Crippen molar-refractivity contribution in [1.29, 1.82) is 0 Å². The molecule has 1 heterocycles. The molecule has 0 atom stereocenters. The van der Waals surface area contributed by atoms with E-state index in [1.807, 2.05) is 0 Å². The van der Waals surface area contributed by atoms with Gasteiger partial charge in [0.05, 0.1) is 0 Å². The Labute approximate surface area is 122 Å². The lowest BCUT2D eigenvalue weighted by molar-refractivity contribution is 0.428. The second-order valence-corrected chi connectivity index (χ2v) is 5.89. The van der Waals surface area contributed by atoms with Crippen LogP contribution in [0.5, 0.6) is 0 Å². The standard InChI is InChI=1S/C17H27N3/c1-14-11-15(2)13-16(12-14)7-8-19-17(18)20-9-5-3-4-6-10-20/h11-13H,3-10H2,1-2H3,(H2,18,19). The smallest absolute Gasteiger partial charge is 0.191 e. The zero-order valence-electron chi connectivity index (χ0n) is 12.9. The third-order valence-corrected chi connectivity index (χ3v) is 3.89. The first-order valence-electron chi connectivity index (χ1n) is 7.77. The van der Waals surface area contributed by atoms with Crippen molar-refractivity contribution in [3.63, 3.8) is 0 Å². The van der Waals surface area contributed by atoms with Gasteiger partial charge in [0.15, 0.2) is 5.96 Å². The summed E-state index contributed by atoms with van der Waals surface area (Å²) in [5.41, 5.74) is 10.1. The largest absolute Gasteiger partial charge is 0.370 e. The van der Waals surface area contributed by atoms with Crippen LogP contribution in [-0.4, -0.2) is 30.5 Å². The molecular formula is C17H27N3. The molecule has 0 spiro atoms. The van der Waals surface area contributed by atoms with Crippen LogP contribution < -0.4 is 5.73 Å². The minimum atomic E-state index is 0.733. The Hall–Kier alpha value is -1.51. The molecule has 3 nitrogen and oxygen atoms in total. The van der Waals surface area contributed by atoms with E-state index in [-0.39, 0.29) is 0 Å². The number of aliphatic imine (C=N–C) groups is 1. The number of guanidine groups is 1. The summed E-state index contributed by atoms with van der Waals surface area (Å²) < 4.78 is 0. The topological polar surface area (TPSA) is 41.6 Å². The first kappa shape index (κ1) is 14.9. The number of rotatable bonds is 3. The van der Waals surface area contributed by atoms with Crippen LogP contribution in [0.1, 0.15) is 42.4 Å². The molecule has 0 aliphatic carbocycles. The average Bonchev–Trinajstić information content (AvgIpc) is 2.66. The van der Waals surface area contributed by atoms with Crippen LogP contribution in [0.25, 0.3) is 0 Å². The molecule has 0 radical (unpaired) electrons. The van der Waals surface area contributed by atoms with Crippen molar-refractivity contribution < 1.29 is 0 Å². The van der Waals surface area contributed by atoms with Crippen LogP contribution >= 0.6 is 0 Å². The fraction of sp³-hybridized carbons (Fsp3) is 0.588. The molecule has 1 aromatic carbocycles. The Kier molecular flexibility index (Phi) is 5.45. The minimum absolute atomic E-state index is 0.733. The molecule has 0 saturated carbocycles. The molecule has 0 unspecified atom stereocenters. The summed E-state index contributed by atoms with van der Waals surface area (Å²) in [6.45, 7) is 7.21. The molecular weight excluding hydrogens is 246 g/mol. The van der Waals surface area contributed by atoms with E-state index in [9.17, 15) is 0 Å². The van der Waals surface area contributed by atoms with Gasteiger partial charge in [0.25, 0.3) is 0 Å². The monoisotopic (exact) mass is 273 g/mol. The van der Waals surface area contributed by atoms with E-state index in [4.69, 9.17) is 5.73 Å². The molecule has 110 valence electrons. The van der Waals surface area contributed by atoms with Crippen LogP contribution in [0, 0.1) is 13.8 Å². The van der Waals surface area contributed by atoms with Crippen LogP contribution in [0.15, 0.2) is 23.2 Å². The third kappa shape index (κ3) is 4.55. The molecule has 1 fully saturated rings. The van der Waals surface area contributed by atoms with E-state index in [0.29, 0.717) is 0 Å². The summed E-state index contributed by atoms with van der Waals surface area (Å²) in [5, 5.41) is 0. The summed E-state index contributed by atoms with van der Waals surface area (Å²) in [7, 11) is 0. The highest BCUT2D eigenvalue weighted by Crippen LogP contribution is 2.11. The molecule has 20 heavy (non-hydrogen) atoms. The SMILES string of the molecule is Cc1cc(C)cc(CCN=C(N)N2CCCCCC2)c1. The van der Waals surface area contributed by atoms with E-state index >= 15 is 0 Å². The summed E-state index contributed by atoms with van der Waals surface area (Å²) in [6, 6.07) is 6.69. The Balaban J connectivity index is 1.88. The normalized spacial score (nSPS) is 17.1. The van der Waals surface area contributed by atoms with Gasteiger partial charge in [-0.2, -0.15) is 0 Å². The summed E-state index contributed by atoms with van der Waals surface area (Å²) in [4.78, 5) is 6.81. The Morgan fingerprint density at radius 1 is 1.05 bits per heavy atom. The highest BCUT2D eigenvalue weighted by Gasteiger charge is 2.10. The minimum Gasteiger partial charge on any atom is -0.370 e. The molecule has 0 amide bonds.